The third-order valence-electron chi connectivity index (χ3n) is 4.13. The summed E-state index contributed by atoms with van der Waals surface area (Å²) in [6.45, 7) is 0. The molecule has 7 heteroatoms. The summed E-state index contributed by atoms with van der Waals surface area (Å²) in [5.41, 5.74) is 0.0405. The zero-order valence-electron chi connectivity index (χ0n) is 10.3. The van der Waals surface area contributed by atoms with Gasteiger partial charge in [0.15, 0.2) is 5.41 Å². The van der Waals surface area contributed by atoms with Crippen molar-refractivity contribution >= 4 is 23.6 Å². The van der Waals surface area contributed by atoms with Gasteiger partial charge in [0, 0.05) is 6.42 Å². The zero-order chi connectivity index (χ0) is 13.7. The fraction of sp³-hybridized carbons (Fsp3) is 0.667. The second kappa shape index (κ2) is 3.79. The highest BCUT2D eigenvalue weighted by atomic mass is 16.6. The van der Waals surface area contributed by atoms with Crippen molar-refractivity contribution in [3.8, 4) is 0 Å². The molecule has 2 saturated carbocycles. The van der Waals surface area contributed by atoms with Crippen molar-refractivity contribution in [3.05, 3.63) is 0 Å². The van der Waals surface area contributed by atoms with Crippen LogP contribution in [0.1, 0.15) is 38.5 Å². The van der Waals surface area contributed by atoms with Gasteiger partial charge in [-0.05, 0) is 32.1 Å². The number of esters is 1. The lowest BCUT2D eigenvalue weighted by Crippen LogP contribution is -2.52. The number of carboxylic acids is 1. The molecule has 1 atom stereocenters. The van der Waals surface area contributed by atoms with E-state index in [1.165, 1.54) is 0 Å². The van der Waals surface area contributed by atoms with Crippen molar-refractivity contribution in [2.24, 2.45) is 10.5 Å². The normalized spacial score (nSPS) is 30.9. The smallest absolute Gasteiger partial charge is 0.324 e. The van der Waals surface area contributed by atoms with E-state index in [4.69, 9.17) is 9.84 Å². The summed E-state index contributed by atoms with van der Waals surface area (Å²) in [5, 5.41) is 13.0. The minimum atomic E-state index is -1.44. The Morgan fingerprint density at radius 1 is 1.26 bits per heavy atom. The number of fused-ring (bicyclic) bond motifs is 1. The van der Waals surface area contributed by atoms with Crippen LogP contribution in [0.3, 0.4) is 0 Å². The van der Waals surface area contributed by atoms with Crippen molar-refractivity contribution in [2.75, 3.05) is 0 Å². The molecule has 1 aliphatic heterocycles. The Kier molecular flexibility index (Phi) is 2.42. The average Bonchev–Trinajstić information content (AvgIpc) is 3.13. The first-order chi connectivity index (χ1) is 9.01. The van der Waals surface area contributed by atoms with Gasteiger partial charge in [-0.25, -0.2) is 5.43 Å². The summed E-state index contributed by atoms with van der Waals surface area (Å²) in [6, 6.07) is 0. The number of hydrogen-bond donors (Lipinski definition) is 2. The molecule has 1 heterocycles. The van der Waals surface area contributed by atoms with Gasteiger partial charge in [-0.2, -0.15) is 5.10 Å². The SMILES string of the molecule is O=C(O)C1(C(=O)OC23CCCCC2=NNC3=O)CC1. The first-order valence-corrected chi connectivity index (χ1v) is 6.36. The summed E-state index contributed by atoms with van der Waals surface area (Å²) >= 11 is 0. The van der Waals surface area contributed by atoms with Crippen molar-refractivity contribution < 1.29 is 24.2 Å². The number of rotatable bonds is 3. The van der Waals surface area contributed by atoms with Crippen LogP contribution < -0.4 is 5.43 Å². The molecule has 0 aromatic heterocycles. The van der Waals surface area contributed by atoms with Gasteiger partial charge in [0.05, 0.1) is 5.71 Å². The van der Waals surface area contributed by atoms with Crippen LogP contribution in [0.5, 0.6) is 0 Å². The molecule has 0 spiro atoms. The van der Waals surface area contributed by atoms with Gasteiger partial charge in [0.25, 0.3) is 5.91 Å². The molecule has 102 valence electrons. The number of carboxylic acid groups (broad SMARTS) is 1. The molecule has 3 rings (SSSR count). The minimum absolute atomic E-state index is 0.269. The van der Waals surface area contributed by atoms with Crippen LogP contribution in [-0.4, -0.2) is 34.3 Å². The van der Waals surface area contributed by atoms with Crippen LogP contribution in [0.4, 0.5) is 0 Å². The molecule has 0 radical (unpaired) electrons. The fourth-order valence-electron chi connectivity index (χ4n) is 2.65. The number of carbonyl (C=O) groups is 3. The Morgan fingerprint density at radius 3 is 2.63 bits per heavy atom. The lowest BCUT2D eigenvalue weighted by molar-refractivity contribution is -0.172. The van der Waals surface area contributed by atoms with Gasteiger partial charge in [-0.3, -0.25) is 14.4 Å². The molecule has 0 aromatic carbocycles. The first-order valence-electron chi connectivity index (χ1n) is 6.36. The Bertz CT molecular complexity index is 508. The predicted octanol–water partition coefficient (Wildman–Crippen LogP) is 0.193. The van der Waals surface area contributed by atoms with Crippen molar-refractivity contribution in [1.82, 2.24) is 5.43 Å². The van der Waals surface area contributed by atoms with Gasteiger partial charge in [0.1, 0.15) is 0 Å². The van der Waals surface area contributed by atoms with E-state index in [-0.39, 0.29) is 12.8 Å². The lowest BCUT2D eigenvalue weighted by Gasteiger charge is -2.32. The Labute approximate surface area is 109 Å². The molecular weight excluding hydrogens is 252 g/mol. The molecule has 0 bridgehead atoms. The molecular formula is C12H14N2O5. The van der Waals surface area contributed by atoms with E-state index in [0.29, 0.717) is 18.6 Å². The summed E-state index contributed by atoms with van der Waals surface area (Å²) in [5.74, 6) is -2.45. The van der Waals surface area contributed by atoms with Crippen LogP contribution in [0.25, 0.3) is 0 Å². The number of hydrogen-bond acceptors (Lipinski definition) is 5. The van der Waals surface area contributed by atoms with Crippen molar-refractivity contribution in [2.45, 2.75) is 44.1 Å². The van der Waals surface area contributed by atoms with E-state index in [9.17, 15) is 14.4 Å². The quantitative estimate of drug-likeness (QED) is 0.560. The van der Waals surface area contributed by atoms with E-state index < -0.39 is 28.9 Å². The van der Waals surface area contributed by atoms with Gasteiger partial charge < -0.3 is 9.84 Å². The van der Waals surface area contributed by atoms with Crippen LogP contribution in [-0.2, 0) is 19.1 Å². The molecule has 1 amide bonds. The highest BCUT2D eigenvalue weighted by molar-refractivity contribution is 6.17. The molecule has 2 aliphatic carbocycles. The number of nitrogens with zero attached hydrogens (tertiary/aromatic N) is 1. The van der Waals surface area contributed by atoms with Crippen LogP contribution in [0, 0.1) is 5.41 Å². The molecule has 19 heavy (non-hydrogen) atoms. The van der Waals surface area contributed by atoms with E-state index in [1.54, 1.807) is 0 Å². The highest BCUT2D eigenvalue weighted by Gasteiger charge is 2.62. The third kappa shape index (κ3) is 1.57. The Hall–Kier alpha value is -1.92. The lowest BCUT2D eigenvalue weighted by atomic mass is 9.82. The third-order valence-corrected chi connectivity index (χ3v) is 4.13. The van der Waals surface area contributed by atoms with Crippen LogP contribution in [0.15, 0.2) is 5.10 Å². The predicted molar refractivity (Wildman–Crippen MR) is 62.2 cm³/mol. The molecule has 0 saturated heterocycles. The van der Waals surface area contributed by atoms with Gasteiger partial charge in [-0.15, -0.1) is 0 Å². The monoisotopic (exact) mass is 266 g/mol. The minimum Gasteiger partial charge on any atom is -0.480 e. The van der Waals surface area contributed by atoms with E-state index in [2.05, 4.69) is 10.5 Å². The number of carbonyl (C=O) groups excluding carboxylic acids is 2. The maximum atomic E-state index is 12.1. The summed E-state index contributed by atoms with van der Waals surface area (Å²) in [6.07, 6.45) is 3.14. The molecule has 2 fully saturated rings. The van der Waals surface area contributed by atoms with Gasteiger partial charge in [0.2, 0.25) is 5.60 Å². The maximum Gasteiger partial charge on any atom is 0.324 e. The molecule has 3 aliphatic rings. The fourth-order valence-corrected chi connectivity index (χ4v) is 2.65. The topological polar surface area (TPSA) is 105 Å². The number of nitrogens with one attached hydrogen (secondary N) is 1. The number of ether oxygens (including phenoxy) is 1. The Morgan fingerprint density at radius 2 is 2.00 bits per heavy atom. The van der Waals surface area contributed by atoms with E-state index >= 15 is 0 Å². The Balaban J connectivity index is 1.85. The van der Waals surface area contributed by atoms with Crippen LogP contribution >= 0.6 is 0 Å². The molecule has 7 nitrogen and oxygen atoms in total. The number of amides is 1. The van der Waals surface area contributed by atoms with Gasteiger partial charge >= 0.3 is 11.9 Å². The van der Waals surface area contributed by atoms with Crippen molar-refractivity contribution in [1.29, 1.82) is 0 Å². The maximum absolute atomic E-state index is 12.1. The first kappa shape index (κ1) is 12.1. The van der Waals surface area contributed by atoms with E-state index in [1.807, 2.05) is 0 Å². The molecule has 0 aromatic rings. The zero-order valence-corrected chi connectivity index (χ0v) is 10.3. The molecule has 2 N–H and O–H groups in total. The average molecular weight is 266 g/mol. The second-order valence-electron chi connectivity index (χ2n) is 5.31. The highest BCUT2D eigenvalue weighted by Crippen LogP contribution is 2.48. The molecule has 1 unspecified atom stereocenters. The second-order valence-corrected chi connectivity index (χ2v) is 5.31. The van der Waals surface area contributed by atoms with E-state index in [0.717, 1.165) is 12.8 Å². The van der Waals surface area contributed by atoms with Crippen LogP contribution in [0.2, 0.25) is 0 Å². The van der Waals surface area contributed by atoms with Crippen molar-refractivity contribution in [3.63, 3.8) is 0 Å². The summed E-state index contributed by atoms with van der Waals surface area (Å²) in [7, 11) is 0. The standard InChI is InChI=1S/C12H14N2O5/c15-8-12(4-2-1-3-7(12)13-14-8)19-10(18)11(5-6-11)9(16)17/h1-6H2,(H,14,15)(H,16,17). The summed E-state index contributed by atoms with van der Waals surface area (Å²) in [4.78, 5) is 35.1. The number of hydrazone groups is 1. The number of aliphatic carboxylic acids is 1. The summed E-state index contributed by atoms with van der Waals surface area (Å²) < 4.78 is 5.34. The van der Waals surface area contributed by atoms with Gasteiger partial charge in [-0.1, -0.05) is 0 Å². The largest absolute Gasteiger partial charge is 0.480 e.